The van der Waals surface area contributed by atoms with Crippen LogP contribution in [0, 0.1) is 5.82 Å². The molecule has 23 heavy (non-hydrogen) atoms. The smallest absolute Gasteiger partial charge is 0.229 e. The molecule has 6 heteroatoms. The third kappa shape index (κ3) is 5.67. The lowest BCUT2D eigenvalue weighted by molar-refractivity contribution is 0.0986. The Kier molecular flexibility index (Phi) is 7.75. The number of carbonyl (C=O) groups is 1. The molecule has 0 radical (unpaired) electrons. The minimum atomic E-state index is -0.675. The van der Waals surface area contributed by atoms with Crippen LogP contribution in [0.15, 0.2) is 54.8 Å². The molecule has 122 valence electrons. The van der Waals surface area contributed by atoms with Crippen LogP contribution in [0.3, 0.4) is 0 Å². The molecule has 0 atom stereocenters. The fourth-order valence-corrected chi connectivity index (χ4v) is 1.91. The summed E-state index contributed by atoms with van der Waals surface area (Å²) in [7, 11) is 3.75. The molecule has 2 aromatic rings. The number of carbonyl (C=O) groups excluding carboxylic acids is 1. The second kappa shape index (κ2) is 9.30. The molecule has 0 saturated carbocycles. The first-order chi connectivity index (χ1) is 10.9. The average Bonchev–Trinajstić information content (AvgIpc) is 2.50. The lowest BCUT2D eigenvalue weighted by atomic mass is 10.1. The number of hydrogen-bond acceptors (Lipinski definition) is 3. The van der Waals surface area contributed by atoms with Crippen molar-refractivity contribution in [3.63, 3.8) is 0 Å². The highest BCUT2D eigenvalue weighted by Gasteiger charge is 2.16. The summed E-state index contributed by atoms with van der Waals surface area (Å²) in [5.41, 5.74) is 0.244. The number of ketones is 1. The summed E-state index contributed by atoms with van der Waals surface area (Å²) in [5.74, 6) is -1.53. The number of benzene rings is 2. The average molecular weight is 356 g/mol. The van der Waals surface area contributed by atoms with Gasteiger partial charge in [-0.2, -0.15) is 0 Å². The van der Waals surface area contributed by atoms with Crippen LogP contribution in [0.5, 0.6) is 5.75 Å². The second-order valence-electron chi connectivity index (χ2n) is 4.41. The lowest BCUT2D eigenvalue weighted by Crippen LogP contribution is -2.09. The van der Waals surface area contributed by atoms with Crippen molar-refractivity contribution >= 4 is 29.0 Å². The Morgan fingerprint density at radius 3 is 2.35 bits per heavy atom. The van der Waals surface area contributed by atoms with Crippen molar-refractivity contribution in [2.24, 2.45) is 0 Å². The Hall–Kier alpha value is -1.88. The van der Waals surface area contributed by atoms with Gasteiger partial charge in [0.2, 0.25) is 5.78 Å². The monoisotopic (exact) mass is 355 g/mol. The highest BCUT2D eigenvalue weighted by molar-refractivity contribution is 6.34. The van der Waals surface area contributed by atoms with Crippen molar-refractivity contribution in [1.82, 2.24) is 5.32 Å². The van der Waals surface area contributed by atoms with Crippen molar-refractivity contribution in [1.29, 1.82) is 0 Å². The van der Waals surface area contributed by atoms with Gasteiger partial charge in [-0.1, -0.05) is 41.9 Å². The molecule has 0 spiro atoms. The number of halogens is 3. The van der Waals surface area contributed by atoms with E-state index < -0.39 is 11.6 Å². The summed E-state index contributed by atoms with van der Waals surface area (Å²) in [6, 6.07) is 10.3. The second-order valence-corrected chi connectivity index (χ2v) is 5.25. The van der Waals surface area contributed by atoms with E-state index in [1.807, 2.05) is 14.1 Å². The third-order valence-electron chi connectivity index (χ3n) is 2.50. The number of nitrogens with one attached hydrogen (secondary N) is 1. The van der Waals surface area contributed by atoms with E-state index in [0.717, 1.165) is 6.07 Å². The van der Waals surface area contributed by atoms with Gasteiger partial charge in [-0.25, -0.2) is 4.39 Å². The van der Waals surface area contributed by atoms with Crippen LogP contribution in [-0.2, 0) is 0 Å². The molecule has 1 N–H and O–H groups in total. The molecule has 0 heterocycles. The van der Waals surface area contributed by atoms with E-state index in [4.69, 9.17) is 27.9 Å². The third-order valence-corrected chi connectivity index (χ3v) is 3.06. The molecule has 0 aliphatic rings. The molecule has 0 unspecified atom stereocenters. The maximum atomic E-state index is 13.6. The topological polar surface area (TPSA) is 38.3 Å². The lowest BCUT2D eigenvalue weighted by Gasteiger charge is -2.09. The van der Waals surface area contributed by atoms with E-state index >= 15 is 0 Å². The minimum Gasteiger partial charge on any atom is -0.451 e. The van der Waals surface area contributed by atoms with Crippen LogP contribution < -0.4 is 10.1 Å². The van der Waals surface area contributed by atoms with Gasteiger partial charge >= 0.3 is 0 Å². The molecular formula is C17H16Cl2FNO2. The normalized spacial score (nSPS) is 9.61. The maximum absolute atomic E-state index is 13.6. The Balaban J connectivity index is 0.000000816. The van der Waals surface area contributed by atoms with Crippen molar-refractivity contribution < 1.29 is 13.9 Å². The highest BCUT2D eigenvalue weighted by atomic mass is 35.5. The molecule has 0 aromatic heterocycles. The summed E-state index contributed by atoms with van der Waals surface area (Å²) in [6.07, 6.45) is 0. The van der Waals surface area contributed by atoms with Gasteiger partial charge in [-0.05, 0) is 44.4 Å². The van der Waals surface area contributed by atoms with Crippen molar-refractivity contribution in [2.75, 3.05) is 14.1 Å². The van der Waals surface area contributed by atoms with Crippen molar-refractivity contribution in [3.05, 3.63) is 76.2 Å². The Morgan fingerprint density at radius 1 is 1.17 bits per heavy atom. The largest absolute Gasteiger partial charge is 0.451 e. The maximum Gasteiger partial charge on any atom is 0.229 e. The van der Waals surface area contributed by atoms with Gasteiger partial charge in [0.1, 0.15) is 0 Å². The molecule has 0 fully saturated rings. The predicted molar refractivity (Wildman–Crippen MR) is 91.9 cm³/mol. The Bertz CT molecular complexity index is 705. The van der Waals surface area contributed by atoms with Gasteiger partial charge in [0.05, 0.1) is 5.02 Å². The van der Waals surface area contributed by atoms with E-state index in [2.05, 4.69) is 11.9 Å². The van der Waals surface area contributed by atoms with Crippen LogP contribution in [0.4, 0.5) is 4.39 Å². The van der Waals surface area contributed by atoms with Gasteiger partial charge in [0.25, 0.3) is 0 Å². The van der Waals surface area contributed by atoms with E-state index in [0.29, 0.717) is 0 Å². The predicted octanol–water partition coefficient (Wildman–Crippen LogP) is 4.74. The Labute approximate surface area is 144 Å². The molecule has 2 rings (SSSR count). The van der Waals surface area contributed by atoms with Crippen LogP contribution in [0.1, 0.15) is 10.4 Å². The summed E-state index contributed by atoms with van der Waals surface area (Å²) >= 11 is 11.5. The van der Waals surface area contributed by atoms with E-state index in [1.165, 1.54) is 18.2 Å². The first-order valence-electron chi connectivity index (χ1n) is 6.60. The van der Waals surface area contributed by atoms with Crippen molar-refractivity contribution in [2.45, 2.75) is 0 Å². The first-order valence-corrected chi connectivity index (χ1v) is 7.35. The zero-order valence-corrected chi connectivity index (χ0v) is 14.2. The van der Waals surface area contributed by atoms with Gasteiger partial charge in [0.15, 0.2) is 17.3 Å². The van der Waals surface area contributed by atoms with Crippen molar-refractivity contribution in [3.8, 4) is 5.75 Å². The number of Topliss-reactive ketones (excluding diaryl/α,β-unsaturated/α-hetero) is 1. The van der Waals surface area contributed by atoms with E-state index in [9.17, 15) is 9.18 Å². The fourth-order valence-electron chi connectivity index (χ4n) is 1.53. The zero-order chi connectivity index (χ0) is 17.4. The number of rotatable bonds is 4. The van der Waals surface area contributed by atoms with E-state index in [1.54, 1.807) is 18.2 Å². The summed E-state index contributed by atoms with van der Waals surface area (Å²) in [4.78, 5) is 12.1. The molecule has 0 aliphatic heterocycles. The molecule has 0 aliphatic carbocycles. The van der Waals surface area contributed by atoms with Gasteiger partial charge in [0, 0.05) is 10.6 Å². The zero-order valence-electron chi connectivity index (χ0n) is 12.7. The number of allylic oxidation sites excluding steroid dienone is 1. The van der Waals surface area contributed by atoms with Gasteiger partial charge in [-0.15, -0.1) is 0 Å². The van der Waals surface area contributed by atoms with E-state index in [-0.39, 0.29) is 27.1 Å². The summed E-state index contributed by atoms with van der Waals surface area (Å²) in [5, 5.41) is 3.26. The SMILES string of the molecule is C=C(Oc1ccc(Cl)cc1F)C(=O)c1ccccc1Cl.CNC. The van der Waals surface area contributed by atoms with Crippen LogP contribution in [-0.4, -0.2) is 19.9 Å². The van der Waals surface area contributed by atoms with Gasteiger partial charge < -0.3 is 10.1 Å². The molecule has 0 bridgehead atoms. The fraction of sp³-hybridized carbons (Fsp3) is 0.118. The number of ether oxygens (including phenoxy) is 1. The molecule has 0 saturated heterocycles. The summed E-state index contributed by atoms with van der Waals surface area (Å²) in [6.45, 7) is 3.50. The molecule has 0 amide bonds. The molecule has 3 nitrogen and oxygen atoms in total. The van der Waals surface area contributed by atoms with Gasteiger partial charge in [-0.3, -0.25) is 4.79 Å². The molecule has 2 aromatic carbocycles. The van der Waals surface area contributed by atoms with Crippen LogP contribution in [0.2, 0.25) is 10.0 Å². The summed E-state index contributed by atoms with van der Waals surface area (Å²) < 4.78 is 18.7. The van der Waals surface area contributed by atoms with Crippen LogP contribution >= 0.6 is 23.2 Å². The minimum absolute atomic E-state index is 0.125. The molecular weight excluding hydrogens is 340 g/mol. The standard InChI is InChI=1S/C15H9Cl2FO2.C2H7N/c1-9(15(19)11-4-2-3-5-12(11)17)20-14-7-6-10(16)8-13(14)18;1-3-2/h2-8H,1H2;3H,1-2H3. The first kappa shape index (κ1) is 19.2. The Morgan fingerprint density at radius 2 is 1.78 bits per heavy atom. The van der Waals surface area contributed by atoms with Crippen LogP contribution in [0.25, 0.3) is 0 Å². The number of hydrogen-bond donors (Lipinski definition) is 1. The quantitative estimate of drug-likeness (QED) is 0.488. The highest BCUT2D eigenvalue weighted by Crippen LogP contribution is 2.24.